The number of amides is 1. The van der Waals surface area contributed by atoms with Crippen molar-refractivity contribution in [1.29, 1.82) is 0 Å². The first-order chi connectivity index (χ1) is 8.31. The molecule has 0 bridgehead atoms. The Morgan fingerprint density at radius 1 is 1.41 bits per heavy atom. The van der Waals surface area contributed by atoms with Crippen molar-refractivity contribution < 1.29 is 9.53 Å². The fourth-order valence-corrected chi connectivity index (χ4v) is 2.42. The molecule has 1 amide bonds. The first kappa shape index (κ1) is 12.5. The van der Waals surface area contributed by atoms with Crippen LogP contribution in [0.1, 0.15) is 15.9 Å². The topological polar surface area (TPSA) is 29.5 Å². The monoisotopic (exact) mass is 251 g/mol. The van der Waals surface area contributed by atoms with E-state index in [1.807, 2.05) is 23.1 Å². The molecular formula is C13H17NO2S. The molecule has 0 N–H and O–H groups in total. The van der Waals surface area contributed by atoms with Gasteiger partial charge in [-0.05, 0) is 24.0 Å². The van der Waals surface area contributed by atoms with E-state index in [4.69, 9.17) is 4.74 Å². The number of thioether (sulfide) groups is 1. The highest BCUT2D eigenvalue weighted by molar-refractivity contribution is 7.97. The summed E-state index contributed by atoms with van der Waals surface area (Å²) >= 11 is 1.77. The van der Waals surface area contributed by atoms with Crippen molar-refractivity contribution in [2.45, 2.75) is 5.75 Å². The van der Waals surface area contributed by atoms with E-state index in [1.54, 1.807) is 11.8 Å². The summed E-state index contributed by atoms with van der Waals surface area (Å²) < 4.78 is 5.25. The van der Waals surface area contributed by atoms with Crippen LogP contribution in [0.5, 0.6) is 0 Å². The molecule has 0 aliphatic carbocycles. The standard InChI is InChI=1S/C13H17NO2S/c1-17-10-11-3-2-4-12(9-11)13(15)14-5-7-16-8-6-14/h2-4,9H,5-8,10H2,1H3. The molecule has 92 valence electrons. The van der Waals surface area contributed by atoms with Gasteiger partial charge in [-0.1, -0.05) is 12.1 Å². The zero-order chi connectivity index (χ0) is 12.1. The number of benzene rings is 1. The Hall–Kier alpha value is -1.00. The lowest BCUT2D eigenvalue weighted by Crippen LogP contribution is -2.40. The van der Waals surface area contributed by atoms with E-state index in [0.29, 0.717) is 26.3 Å². The van der Waals surface area contributed by atoms with Crippen LogP contribution in [0.4, 0.5) is 0 Å². The quantitative estimate of drug-likeness (QED) is 0.823. The van der Waals surface area contributed by atoms with Crippen LogP contribution in [0, 0.1) is 0 Å². The lowest BCUT2D eigenvalue weighted by molar-refractivity contribution is 0.0303. The molecule has 0 unspecified atom stereocenters. The number of carbonyl (C=O) groups excluding carboxylic acids is 1. The SMILES string of the molecule is CSCc1cccc(C(=O)N2CCOCC2)c1. The number of rotatable bonds is 3. The van der Waals surface area contributed by atoms with Crippen molar-refractivity contribution in [3.63, 3.8) is 0 Å². The molecule has 0 spiro atoms. The van der Waals surface area contributed by atoms with Crippen LogP contribution in [0.2, 0.25) is 0 Å². The van der Waals surface area contributed by atoms with Crippen molar-refractivity contribution in [1.82, 2.24) is 4.90 Å². The molecule has 4 heteroatoms. The molecule has 1 fully saturated rings. The molecule has 0 aromatic heterocycles. The molecule has 0 saturated carbocycles. The van der Waals surface area contributed by atoms with Crippen LogP contribution in [-0.4, -0.2) is 43.4 Å². The summed E-state index contributed by atoms with van der Waals surface area (Å²) in [5.41, 5.74) is 2.00. The third-order valence-corrected chi connectivity index (χ3v) is 3.41. The van der Waals surface area contributed by atoms with Gasteiger partial charge in [0.25, 0.3) is 5.91 Å². The van der Waals surface area contributed by atoms with Gasteiger partial charge in [0.1, 0.15) is 0 Å². The van der Waals surface area contributed by atoms with Crippen LogP contribution in [-0.2, 0) is 10.5 Å². The van der Waals surface area contributed by atoms with Crippen molar-refractivity contribution in [2.24, 2.45) is 0 Å². The number of hydrogen-bond donors (Lipinski definition) is 0. The molecule has 0 radical (unpaired) electrons. The lowest BCUT2D eigenvalue weighted by atomic mass is 10.1. The third-order valence-electron chi connectivity index (χ3n) is 2.78. The average molecular weight is 251 g/mol. The van der Waals surface area contributed by atoms with Gasteiger partial charge < -0.3 is 9.64 Å². The second-order valence-corrected chi connectivity index (χ2v) is 4.90. The lowest BCUT2D eigenvalue weighted by Gasteiger charge is -2.27. The first-order valence-electron chi connectivity index (χ1n) is 5.76. The van der Waals surface area contributed by atoms with Gasteiger partial charge in [-0.25, -0.2) is 0 Å². The van der Waals surface area contributed by atoms with E-state index in [1.165, 1.54) is 5.56 Å². The van der Waals surface area contributed by atoms with Gasteiger partial charge in [-0.15, -0.1) is 0 Å². The van der Waals surface area contributed by atoms with Gasteiger partial charge in [0, 0.05) is 24.4 Å². The summed E-state index contributed by atoms with van der Waals surface area (Å²) in [4.78, 5) is 14.1. The number of hydrogen-bond acceptors (Lipinski definition) is 3. The van der Waals surface area contributed by atoms with E-state index < -0.39 is 0 Å². The molecule has 17 heavy (non-hydrogen) atoms. The van der Waals surface area contributed by atoms with Gasteiger partial charge in [-0.3, -0.25) is 4.79 Å². The predicted octanol–water partition coefficient (Wildman–Crippen LogP) is 2.02. The molecule has 1 heterocycles. The maximum atomic E-state index is 12.2. The van der Waals surface area contributed by atoms with Crippen molar-refractivity contribution in [2.75, 3.05) is 32.6 Å². The molecule has 1 aliphatic rings. The highest BCUT2D eigenvalue weighted by Crippen LogP contribution is 2.13. The zero-order valence-electron chi connectivity index (χ0n) is 10.0. The molecule has 3 nitrogen and oxygen atoms in total. The number of morpholine rings is 1. The number of ether oxygens (including phenoxy) is 1. The van der Waals surface area contributed by atoms with E-state index in [2.05, 4.69) is 12.3 Å². The van der Waals surface area contributed by atoms with Gasteiger partial charge >= 0.3 is 0 Å². The molecule has 1 aromatic carbocycles. The van der Waals surface area contributed by atoms with Crippen molar-refractivity contribution >= 4 is 17.7 Å². The van der Waals surface area contributed by atoms with Crippen LogP contribution in [0.3, 0.4) is 0 Å². The molecule has 1 aromatic rings. The second-order valence-electron chi connectivity index (χ2n) is 4.04. The minimum absolute atomic E-state index is 0.122. The van der Waals surface area contributed by atoms with Gasteiger partial charge in [-0.2, -0.15) is 11.8 Å². The normalized spacial score (nSPS) is 15.9. The smallest absolute Gasteiger partial charge is 0.254 e. The summed E-state index contributed by atoms with van der Waals surface area (Å²) in [7, 11) is 0. The van der Waals surface area contributed by atoms with Crippen LogP contribution < -0.4 is 0 Å². The molecule has 1 saturated heterocycles. The molecule has 1 aliphatic heterocycles. The summed E-state index contributed by atoms with van der Waals surface area (Å²) in [6, 6.07) is 7.90. The number of carbonyl (C=O) groups is 1. The molecule has 2 rings (SSSR count). The van der Waals surface area contributed by atoms with Crippen molar-refractivity contribution in [3.8, 4) is 0 Å². The minimum atomic E-state index is 0.122. The average Bonchev–Trinajstić information content (AvgIpc) is 2.40. The fraction of sp³-hybridized carbons (Fsp3) is 0.462. The van der Waals surface area contributed by atoms with E-state index >= 15 is 0 Å². The summed E-state index contributed by atoms with van der Waals surface area (Å²) in [6.07, 6.45) is 2.07. The Kier molecular flexibility index (Phi) is 4.45. The summed E-state index contributed by atoms with van der Waals surface area (Å²) in [6.45, 7) is 2.70. The Morgan fingerprint density at radius 3 is 2.88 bits per heavy atom. The second kappa shape index (κ2) is 6.07. The Bertz CT molecular complexity index is 389. The summed E-state index contributed by atoms with van der Waals surface area (Å²) in [5.74, 6) is 1.07. The van der Waals surface area contributed by atoms with E-state index in [-0.39, 0.29) is 5.91 Å². The third kappa shape index (κ3) is 3.23. The van der Waals surface area contributed by atoms with Crippen LogP contribution >= 0.6 is 11.8 Å². The first-order valence-corrected chi connectivity index (χ1v) is 7.15. The Labute approximate surface area is 106 Å². The van der Waals surface area contributed by atoms with Gasteiger partial charge in [0.05, 0.1) is 13.2 Å². The summed E-state index contributed by atoms with van der Waals surface area (Å²) in [5, 5.41) is 0. The van der Waals surface area contributed by atoms with Crippen LogP contribution in [0.25, 0.3) is 0 Å². The Balaban J connectivity index is 2.09. The minimum Gasteiger partial charge on any atom is -0.378 e. The van der Waals surface area contributed by atoms with E-state index in [9.17, 15) is 4.79 Å². The largest absolute Gasteiger partial charge is 0.378 e. The maximum Gasteiger partial charge on any atom is 0.254 e. The maximum absolute atomic E-state index is 12.2. The van der Waals surface area contributed by atoms with Gasteiger partial charge in [0.2, 0.25) is 0 Å². The predicted molar refractivity (Wildman–Crippen MR) is 70.4 cm³/mol. The molecule has 0 atom stereocenters. The molecular weight excluding hydrogens is 234 g/mol. The van der Waals surface area contributed by atoms with E-state index in [0.717, 1.165) is 11.3 Å². The highest BCUT2D eigenvalue weighted by Gasteiger charge is 2.18. The van der Waals surface area contributed by atoms with Crippen molar-refractivity contribution in [3.05, 3.63) is 35.4 Å². The Morgan fingerprint density at radius 2 is 2.18 bits per heavy atom. The van der Waals surface area contributed by atoms with Crippen LogP contribution in [0.15, 0.2) is 24.3 Å². The fourth-order valence-electron chi connectivity index (χ4n) is 1.91. The zero-order valence-corrected chi connectivity index (χ0v) is 10.8. The number of nitrogens with zero attached hydrogens (tertiary/aromatic N) is 1. The highest BCUT2D eigenvalue weighted by atomic mass is 32.2. The van der Waals surface area contributed by atoms with Gasteiger partial charge in [0.15, 0.2) is 0 Å².